The third kappa shape index (κ3) is 3.85. The first-order valence-corrected chi connectivity index (χ1v) is 9.93. The third-order valence-electron chi connectivity index (χ3n) is 4.99. The van der Waals surface area contributed by atoms with Crippen LogP contribution in [0.3, 0.4) is 0 Å². The van der Waals surface area contributed by atoms with Crippen LogP contribution < -0.4 is 5.32 Å². The van der Waals surface area contributed by atoms with Crippen LogP contribution in [0.1, 0.15) is 47.8 Å². The lowest BCUT2D eigenvalue weighted by molar-refractivity contribution is 0.0942. The molecule has 1 aromatic carbocycles. The van der Waals surface area contributed by atoms with Gasteiger partial charge in [0, 0.05) is 29.0 Å². The molecule has 0 unspecified atom stereocenters. The third-order valence-corrected chi connectivity index (χ3v) is 5.68. The molecule has 1 aliphatic carbocycles. The Balaban J connectivity index is 1.27. The smallest absolute Gasteiger partial charge is 0.251 e. The molecule has 1 N–H and O–H groups in total. The molecule has 0 atom stereocenters. The molecule has 0 bridgehead atoms. The Morgan fingerprint density at radius 2 is 1.92 bits per heavy atom. The van der Waals surface area contributed by atoms with Crippen molar-refractivity contribution in [2.24, 2.45) is 5.92 Å². The summed E-state index contributed by atoms with van der Waals surface area (Å²) in [5, 5.41) is 15.5. The van der Waals surface area contributed by atoms with E-state index in [1.54, 1.807) is 11.3 Å². The molecule has 0 aliphatic heterocycles. The summed E-state index contributed by atoms with van der Waals surface area (Å²) in [4.78, 5) is 12.1. The Bertz CT molecular complexity index is 837. The van der Waals surface area contributed by atoms with Gasteiger partial charge in [-0.1, -0.05) is 18.2 Å². The van der Waals surface area contributed by atoms with Gasteiger partial charge in [-0.25, -0.2) is 0 Å². The normalized spacial score (nSPS) is 20.0. The summed E-state index contributed by atoms with van der Waals surface area (Å²) in [6, 6.07) is 11.4. The van der Waals surface area contributed by atoms with Crippen molar-refractivity contribution in [2.45, 2.75) is 31.6 Å². The second-order valence-electron chi connectivity index (χ2n) is 6.75. The first kappa shape index (κ1) is 17.0. The molecule has 0 spiro atoms. The lowest BCUT2D eigenvalue weighted by Gasteiger charge is -2.26. The predicted molar refractivity (Wildman–Crippen MR) is 101 cm³/mol. The molecule has 1 fully saturated rings. The van der Waals surface area contributed by atoms with Gasteiger partial charge in [0.15, 0.2) is 0 Å². The van der Waals surface area contributed by atoms with Crippen molar-refractivity contribution >= 4 is 17.2 Å². The van der Waals surface area contributed by atoms with E-state index < -0.39 is 0 Å². The summed E-state index contributed by atoms with van der Waals surface area (Å²) < 4.78 is 5.87. The number of carbonyl (C=O) groups is 1. The molecule has 5 nitrogen and oxygen atoms in total. The summed E-state index contributed by atoms with van der Waals surface area (Å²) in [6.07, 6.45) is 4.18. The number of hydrogen-bond donors (Lipinski definition) is 1. The van der Waals surface area contributed by atoms with Crippen LogP contribution in [0.2, 0.25) is 0 Å². The van der Waals surface area contributed by atoms with E-state index in [1.165, 1.54) is 0 Å². The molecule has 2 aromatic heterocycles. The van der Waals surface area contributed by atoms with Crippen LogP contribution in [0.15, 0.2) is 51.6 Å². The Morgan fingerprint density at radius 3 is 2.65 bits per heavy atom. The van der Waals surface area contributed by atoms with E-state index in [-0.39, 0.29) is 5.91 Å². The van der Waals surface area contributed by atoms with Gasteiger partial charge in [0.2, 0.25) is 11.8 Å². The minimum Gasteiger partial charge on any atom is -0.420 e. The zero-order valence-electron chi connectivity index (χ0n) is 14.4. The predicted octanol–water partition coefficient (Wildman–Crippen LogP) is 4.50. The molecule has 134 valence electrons. The van der Waals surface area contributed by atoms with Crippen molar-refractivity contribution in [2.75, 3.05) is 6.54 Å². The topological polar surface area (TPSA) is 68.0 Å². The van der Waals surface area contributed by atoms with Gasteiger partial charge in [0.25, 0.3) is 5.91 Å². The van der Waals surface area contributed by atoms with Gasteiger partial charge in [0.05, 0.1) is 0 Å². The molecular formula is C20H21N3O2S. The van der Waals surface area contributed by atoms with E-state index in [1.807, 2.05) is 47.2 Å². The first-order chi connectivity index (χ1) is 12.8. The first-order valence-electron chi connectivity index (χ1n) is 8.99. The van der Waals surface area contributed by atoms with Gasteiger partial charge in [-0.05, 0) is 55.2 Å². The van der Waals surface area contributed by atoms with Gasteiger partial charge >= 0.3 is 0 Å². The molecule has 2 heterocycles. The van der Waals surface area contributed by atoms with Crippen LogP contribution >= 0.6 is 11.3 Å². The lowest BCUT2D eigenvalue weighted by atomic mass is 9.82. The summed E-state index contributed by atoms with van der Waals surface area (Å²) in [5.41, 5.74) is 1.71. The summed E-state index contributed by atoms with van der Waals surface area (Å²) in [6.45, 7) is 0.727. The Hall–Kier alpha value is -2.47. The quantitative estimate of drug-likeness (QED) is 0.721. The zero-order valence-corrected chi connectivity index (χ0v) is 15.2. The average molecular weight is 367 g/mol. The number of amides is 1. The fraction of sp³-hybridized carbons (Fsp3) is 0.350. The zero-order chi connectivity index (χ0) is 17.8. The van der Waals surface area contributed by atoms with Crippen molar-refractivity contribution in [3.8, 4) is 11.5 Å². The van der Waals surface area contributed by atoms with Crippen LogP contribution in [0, 0.1) is 5.92 Å². The fourth-order valence-corrected chi connectivity index (χ4v) is 4.07. The number of hydrogen-bond acceptors (Lipinski definition) is 5. The van der Waals surface area contributed by atoms with Crippen LogP contribution in [0.5, 0.6) is 0 Å². The lowest BCUT2D eigenvalue weighted by Crippen LogP contribution is -2.31. The van der Waals surface area contributed by atoms with Crippen LogP contribution in [-0.2, 0) is 0 Å². The Morgan fingerprint density at radius 1 is 1.12 bits per heavy atom. The van der Waals surface area contributed by atoms with Gasteiger partial charge in [-0.15, -0.1) is 10.2 Å². The summed E-state index contributed by atoms with van der Waals surface area (Å²) >= 11 is 1.62. The molecule has 1 amide bonds. The number of aromatic nitrogens is 2. The minimum absolute atomic E-state index is 0.00466. The Kier molecular flexibility index (Phi) is 5.11. The second kappa shape index (κ2) is 7.83. The van der Waals surface area contributed by atoms with Crippen molar-refractivity contribution in [3.05, 3.63) is 58.6 Å². The highest BCUT2D eigenvalue weighted by molar-refractivity contribution is 7.08. The van der Waals surface area contributed by atoms with Crippen molar-refractivity contribution < 1.29 is 9.21 Å². The van der Waals surface area contributed by atoms with Crippen LogP contribution in [0.4, 0.5) is 0 Å². The van der Waals surface area contributed by atoms with E-state index in [2.05, 4.69) is 15.5 Å². The monoisotopic (exact) mass is 367 g/mol. The summed E-state index contributed by atoms with van der Waals surface area (Å²) in [5.74, 6) is 2.20. The number of carbonyl (C=O) groups excluding carboxylic acids is 1. The molecule has 0 radical (unpaired) electrons. The SMILES string of the molecule is O=C(NCC1CCC(c2nnc(-c3ccsc3)o2)CC1)c1ccccc1. The largest absolute Gasteiger partial charge is 0.420 e. The molecule has 1 aliphatic rings. The van der Waals surface area contributed by atoms with Crippen molar-refractivity contribution in [1.82, 2.24) is 15.5 Å². The molecule has 3 aromatic rings. The van der Waals surface area contributed by atoms with E-state index in [0.29, 0.717) is 23.3 Å². The molecule has 0 saturated heterocycles. The maximum Gasteiger partial charge on any atom is 0.251 e. The highest BCUT2D eigenvalue weighted by atomic mass is 32.1. The van der Waals surface area contributed by atoms with Gasteiger partial charge < -0.3 is 9.73 Å². The summed E-state index contributed by atoms with van der Waals surface area (Å²) in [7, 11) is 0. The molecular weight excluding hydrogens is 346 g/mol. The molecule has 6 heteroatoms. The maximum atomic E-state index is 12.1. The van der Waals surface area contributed by atoms with Crippen LogP contribution in [0.25, 0.3) is 11.5 Å². The minimum atomic E-state index is 0.00466. The standard InChI is InChI=1S/C20H21N3O2S/c24-18(15-4-2-1-3-5-15)21-12-14-6-8-16(9-7-14)19-22-23-20(25-19)17-10-11-26-13-17/h1-5,10-11,13-14,16H,6-9,12H2,(H,21,24). The highest BCUT2D eigenvalue weighted by Crippen LogP contribution is 2.36. The molecule has 26 heavy (non-hydrogen) atoms. The van der Waals surface area contributed by atoms with Crippen molar-refractivity contribution in [1.29, 1.82) is 0 Å². The van der Waals surface area contributed by atoms with Gasteiger partial charge in [-0.2, -0.15) is 11.3 Å². The van der Waals surface area contributed by atoms with Crippen molar-refractivity contribution in [3.63, 3.8) is 0 Å². The number of thiophene rings is 1. The maximum absolute atomic E-state index is 12.1. The van der Waals surface area contributed by atoms with E-state index in [4.69, 9.17) is 4.42 Å². The second-order valence-corrected chi connectivity index (χ2v) is 7.53. The molecule has 4 rings (SSSR count). The van der Waals surface area contributed by atoms with E-state index in [9.17, 15) is 4.79 Å². The van der Waals surface area contributed by atoms with Gasteiger partial charge in [-0.3, -0.25) is 4.79 Å². The number of rotatable bonds is 5. The number of benzene rings is 1. The van der Waals surface area contributed by atoms with Gasteiger partial charge in [0.1, 0.15) is 0 Å². The van der Waals surface area contributed by atoms with E-state index in [0.717, 1.165) is 43.7 Å². The average Bonchev–Trinajstić information content (AvgIpc) is 3.39. The number of nitrogens with zero attached hydrogens (tertiary/aromatic N) is 2. The molecule has 1 saturated carbocycles. The van der Waals surface area contributed by atoms with Crippen LogP contribution in [-0.4, -0.2) is 22.6 Å². The highest BCUT2D eigenvalue weighted by Gasteiger charge is 2.26. The van der Waals surface area contributed by atoms with E-state index >= 15 is 0 Å². The fourth-order valence-electron chi connectivity index (χ4n) is 3.44. The Labute approximate surface area is 156 Å². The number of nitrogens with one attached hydrogen (secondary N) is 1.